The molecule has 1 aromatic heterocycles. The lowest BCUT2D eigenvalue weighted by Gasteiger charge is -2.14. The maximum Gasteiger partial charge on any atom is 0.271 e. The van der Waals surface area contributed by atoms with E-state index in [1.807, 2.05) is 97.2 Å². The Hall–Kier alpha value is -5.35. The van der Waals surface area contributed by atoms with Gasteiger partial charge in [-0.25, -0.2) is 10.4 Å². The Labute approximate surface area is 304 Å². The molecule has 2 N–H and O–H groups in total. The summed E-state index contributed by atoms with van der Waals surface area (Å²) >= 11 is 13.7. The molecule has 8 nitrogen and oxygen atoms in total. The van der Waals surface area contributed by atoms with Gasteiger partial charge in [0, 0.05) is 37.8 Å². The number of ether oxygens (including phenoxy) is 3. The minimum Gasteiger partial charge on any atom is -0.490 e. The Balaban J connectivity index is 1.05. The number of carbonyl (C=O) groups excluding carboxylic acids is 1. The predicted molar refractivity (Wildman–Crippen MR) is 202 cm³/mol. The summed E-state index contributed by atoms with van der Waals surface area (Å²) in [4.78, 5) is 17.5. The van der Waals surface area contributed by atoms with Crippen LogP contribution in [0.3, 0.4) is 0 Å². The molecule has 50 heavy (non-hydrogen) atoms. The monoisotopic (exact) mass is 722 g/mol. The molecule has 0 unspecified atom stereocenters. The van der Waals surface area contributed by atoms with Crippen LogP contribution in [0, 0.1) is 0 Å². The van der Waals surface area contributed by atoms with Crippen molar-refractivity contribution in [3.05, 3.63) is 153 Å². The number of hydrazone groups is 1. The molecule has 6 rings (SSSR count). The van der Waals surface area contributed by atoms with Gasteiger partial charge in [-0.3, -0.25) is 4.79 Å². The van der Waals surface area contributed by atoms with Gasteiger partial charge in [-0.15, -0.1) is 11.3 Å². The van der Waals surface area contributed by atoms with Crippen molar-refractivity contribution in [3.63, 3.8) is 0 Å². The van der Waals surface area contributed by atoms with E-state index < -0.39 is 0 Å². The summed E-state index contributed by atoms with van der Waals surface area (Å²) in [6.45, 7) is 3.12. The normalized spacial score (nSPS) is 10.9. The van der Waals surface area contributed by atoms with Gasteiger partial charge in [-0.2, -0.15) is 5.10 Å². The third kappa shape index (κ3) is 9.41. The second kappa shape index (κ2) is 16.8. The highest BCUT2D eigenvalue weighted by molar-refractivity contribution is 7.14. The fraction of sp³-hybridized carbons (Fsp3) is 0.103. The zero-order valence-corrected chi connectivity index (χ0v) is 29.3. The van der Waals surface area contributed by atoms with E-state index in [9.17, 15) is 4.79 Å². The van der Waals surface area contributed by atoms with Crippen molar-refractivity contribution in [2.75, 3.05) is 11.9 Å². The minimum absolute atomic E-state index is 0.262. The molecule has 0 spiro atoms. The van der Waals surface area contributed by atoms with Crippen molar-refractivity contribution < 1.29 is 19.0 Å². The van der Waals surface area contributed by atoms with Gasteiger partial charge in [0.15, 0.2) is 16.6 Å². The summed E-state index contributed by atoms with van der Waals surface area (Å²) in [6, 6.07) is 35.5. The molecule has 0 fully saturated rings. The molecule has 6 aromatic rings. The molecular weight excluding hydrogens is 691 g/mol. The minimum atomic E-state index is -0.362. The van der Waals surface area contributed by atoms with E-state index in [0.717, 1.165) is 33.2 Å². The molecule has 0 aliphatic rings. The van der Waals surface area contributed by atoms with Crippen molar-refractivity contribution in [2.24, 2.45) is 5.10 Å². The highest BCUT2D eigenvalue weighted by Gasteiger charge is 2.11. The molecule has 1 amide bonds. The van der Waals surface area contributed by atoms with Gasteiger partial charge in [0.2, 0.25) is 0 Å². The lowest BCUT2D eigenvalue weighted by Crippen LogP contribution is -2.17. The highest BCUT2D eigenvalue weighted by atomic mass is 35.5. The number of halogens is 2. The third-order valence-corrected chi connectivity index (χ3v) is 8.57. The van der Waals surface area contributed by atoms with Gasteiger partial charge in [-0.05, 0) is 84.8 Å². The van der Waals surface area contributed by atoms with Gasteiger partial charge in [0.1, 0.15) is 19.0 Å². The van der Waals surface area contributed by atoms with E-state index in [0.29, 0.717) is 51.6 Å². The lowest BCUT2D eigenvalue weighted by molar-refractivity contribution is 0.0955. The fourth-order valence-corrected chi connectivity index (χ4v) is 5.86. The topological polar surface area (TPSA) is 94.1 Å². The second-order valence-corrected chi connectivity index (χ2v) is 12.6. The van der Waals surface area contributed by atoms with Crippen LogP contribution in [-0.2, 0) is 13.2 Å². The summed E-state index contributed by atoms with van der Waals surface area (Å²) in [5.41, 5.74) is 8.17. The average molecular weight is 724 g/mol. The number of carbonyl (C=O) groups is 1. The number of nitrogens with one attached hydrogen (secondary N) is 2. The Bertz CT molecular complexity index is 2070. The molecule has 0 saturated carbocycles. The quantitative estimate of drug-likeness (QED) is 0.0859. The number of hydrogen-bond donors (Lipinski definition) is 2. The van der Waals surface area contributed by atoms with Crippen molar-refractivity contribution in [3.8, 4) is 28.5 Å². The Morgan fingerprint density at radius 2 is 1.50 bits per heavy atom. The number of anilines is 2. The smallest absolute Gasteiger partial charge is 0.271 e. The number of nitrogens with zero attached hydrogens (tertiary/aromatic N) is 2. The molecule has 1 heterocycles. The van der Waals surface area contributed by atoms with Gasteiger partial charge >= 0.3 is 0 Å². The first kappa shape index (κ1) is 34.5. The fourth-order valence-electron chi connectivity index (χ4n) is 4.82. The third-order valence-electron chi connectivity index (χ3n) is 7.32. The van der Waals surface area contributed by atoms with Gasteiger partial charge in [0.25, 0.3) is 5.91 Å². The van der Waals surface area contributed by atoms with Crippen LogP contribution in [-0.4, -0.2) is 23.7 Å². The van der Waals surface area contributed by atoms with E-state index in [-0.39, 0.29) is 12.5 Å². The number of thiazole rings is 1. The molecule has 0 aliphatic heterocycles. The number of hydrogen-bond acceptors (Lipinski definition) is 8. The molecule has 0 radical (unpaired) electrons. The van der Waals surface area contributed by atoms with E-state index in [1.54, 1.807) is 30.3 Å². The van der Waals surface area contributed by atoms with Crippen molar-refractivity contribution >= 4 is 57.5 Å². The number of amides is 1. The average Bonchev–Trinajstić information content (AvgIpc) is 3.61. The number of benzene rings is 5. The molecule has 0 aliphatic carbocycles. The molecule has 11 heteroatoms. The largest absolute Gasteiger partial charge is 0.490 e. The van der Waals surface area contributed by atoms with Crippen molar-refractivity contribution in [2.45, 2.75) is 20.1 Å². The molecule has 0 atom stereocenters. The first-order valence-corrected chi connectivity index (χ1v) is 17.3. The summed E-state index contributed by atoms with van der Waals surface area (Å²) in [5.74, 6) is 1.48. The van der Waals surface area contributed by atoms with E-state index in [2.05, 4.69) is 20.8 Å². The second-order valence-electron chi connectivity index (χ2n) is 10.9. The Kier molecular flexibility index (Phi) is 11.6. The molecule has 0 saturated heterocycles. The Morgan fingerprint density at radius 1 is 0.780 bits per heavy atom. The number of aromatic nitrogens is 1. The van der Waals surface area contributed by atoms with Gasteiger partial charge < -0.3 is 19.5 Å². The van der Waals surface area contributed by atoms with E-state index >= 15 is 0 Å². The van der Waals surface area contributed by atoms with E-state index in [4.69, 9.17) is 37.4 Å². The number of rotatable bonds is 14. The van der Waals surface area contributed by atoms with Gasteiger partial charge in [-0.1, -0.05) is 71.7 Å². The van der Waals surface area contributed by atoms with Gasteiger partial charge in [0.05, 0.1) is 18.5 Å². The molecule has 5 aromatic carbocycles. The maximum atomic E-state index is 12.9. The summed E-state index contributed by atoms with van der Waals surface area (Å²) in [5, 5.41) is 11.3. The van der Waals surface area contributed by atoms with Crippen LogP contribution >= 0.6 is 34.5 Å². The van der Waals surface area contributed by atoms with E-state index in [1.165, 1.54) is 17.6 Å². The van der Waals surface area contributed by atoms with Crippen LogP contribution in [0.1, 0.15) is 34.0 Å². The lowest BCUT2D eigenvalue weighted by atomic mass is 10.1. The zero-order chi connectivity index (χ0) is 34.7. The van der Waals surface area contributed by atoms with Crippen LogP contribution in [0.25, 0.3) is 11.3 Å². The summed E-state index contributed by atoms with van der Waals surface area (Å²) in [6.07, 6.45) is 1.50. The first-order valence-electron chi connectivity index (χ1n) is 15.7. The van der Waals surface area contributed by atoms with Crippen LogP contribution in [0.5, 0.6) is 17.2 Å². The zero-order valence-electron chi connectivity index (χ0n) is 26.9. The van der Waals surface area contributed by atoms with Crippen molar-refractivity contribution in [1.29, 1.82) is 0 Å². The molecule has 0 bridgehead atoms. The standard InChI is InChI=1S/C39H32Cl2N4O4S/c1-2-47-37-20-27(8-18-36(37)49-23-26-6-4-3-5-7-26)24-48-35-19-15-32(41)21-30(35)22-42-45-38(46)29-11-9-28(10-12-29)34-25-50-39(44-34)43-33-16-13-31(40)14-17-33/h3-22,25H,2,23-24H2,1H3,(H,43,44)(H,45,46)/b42-22-. The van der Waals surface area contributed by atoms with Crippen LogP contribution in [0.4, 0.5) is 10.8 Å². The Morgan fingerprint density at radius 3 is 2.28 bits per heavy atom. The first-order chi connectivity index (χ1) is 24.4. The SMILES string of the molecule is CCOc1cc(COc2ccc(Cl)cc2/C=N\NC(=O)c2ccc(-c3csc(Nc4ccc(Cl)cc4)n3)cc2)ccc1OCc1ccccc1. The molecule has 252 valence electrons. The highest BCUT2D eigenvalue weighted by Crippen LogP contribution is 2.31. The molecular formula is C39H32Cl2N4O4S. The maximum absolute atomic E-state index is 12.9. The predicted octanol–water partition coefficient (Wildman–Crippen LogP) is 10.2. The van der Waals surface area contributed by atoms with Crippen molar-refractivity contribution in [1.82, 2.24) is 10.4 Å². The van der Waals surface area contributed by atoms with Crippen LogP contribution < -0.4 is 25.0 Å². The van der Waals surface area contributed by atoms with Crippen LogP contribution in [0.15, 0.2) is 126 Å². The summed E-state index contributed by atoms with van der Waals surface area (Å²) in [7, 11) is 0. The van der Waals surface area contributed by atoms with Crippen LogP contribution in [0.2, 0.25) is 10.0 Å². The summed E-state index contributed by atoms with van der Waals surface area (Å²) < 4.78 is 18.0.